The molecule has 1 saturated heterocycles. The Kier molecular flexibility index (Phi) is 3.19. The van der Waals surface area contributed by atoms with E-state index in [0.29, 0.717) is 0 Å². The molecule has 18 heavy (non-hydrogen) atoms. The summed E-state index contributed by atoms with van der Waals surface area (Å²) in [5.74, 6) is 0.135. The minimum absolute atomic E-state index is 0.0638. The molecule has 0 N–H and O–H groups in total. The number of halogens is 2. The molecule has 2 rings (SSSR count). The van der Waals surface area contributed by atoms with E-state index in [1.165, 1.54) is 7.11 Å². The van der Waals surface area contributed by atoms with E-state index in [9.17, 15) is 13.6 Å². The summed E-state index contributed by atoms with van der Waals surface area (Å²) in [6, 6.07) is 2.07. The number of methoxy groups -OCH3 is 1. The minimum atomic E-state index is -0.835. The van der Waals surface area contributed by atoms with Crippen LogP contribution in [0.25, 0.3) is 0 Å². The second-order valence-corrected chi connectivity index (χ2v) is 4.01. The Labute approximate surface area is 103 Å². The molecule has 5 heteroatoms. The first-order valence-electron chi connectivity index (χ1n) is 5.36. The highest BCUT2D eigenvalue weighted by atomic mass is 19.1. The maximum atomic E-state index is 13.8. The summed E-state index contributed by atoms with van der Waals surface area (Å²) in [6.45, 7) is 0.134. The van der Waals surface area contributed by atoms with Gasteiger partial charge in [-0.2, -0.15) is 0 Å². The molecule has 1 aliphatic heterocycles. The lowest BCUT2D eigenvalue weighted by Crippen LogP contribution is -2.26. The van der Waals surface area contributed by atoms with Crippen molar-refractivity contribution in [1.82, 2.24) is 0 Å². The third-order valence-electron chi connectivity index (χ3n) is 2.86. The molecule has 0 radical (unpaired) electrons. The Bertz CT molecular complexity index is 513. The van der Waals surface area contributed by atoms with Crippen molar-refractivity contribution in [3.8, 4) is 18.1 Å². The molecule has 1 unspecified atom stereocenters. The van der Waals surface area contributed by atoms with Crippen molar-refractivity contribution in [2.75, 3.05) is 18.6 Å². The molecular formula is C13H11F2NO2. The summed E-state index contributed by atoms with van der Waals surface area (Å²) >= 11 is 0. The van der Waals surface area contributed by atoms with E-state index in [4.69, 9.17) is 11.2 Å². The number of ether oxygens (including phenoxy) is 1. The second kappa shape index (κ2) is 4.65. The standard InChI is InChI=1S/C13H11F2NO2/c1-3-8-4-12(17)16(7-8)13-10(14)5-9(18-2)6-11(13)15/h1,5-6,8H,4,7H2,2H3. The zero-order valence-corrected chi connectivity index (χ0v) is 9.74. The largest absolute Gasteiger partial charge is 0.497 e. The number of amides is 1. The van der Waals surface area contributed by atoms with Crippen LogP contribution in [0.1, 0.15) is 6.42 Å². The van der Waals surface area contributed by atoms with Gasteiger partial charge in [0.1, 0.15) is 11.4 Å². The van der Waals surface area contributed by atoms with Crippen LogP contribution in [0.5, 0.6) is 5.75 Å². The van der Waals surface area contributed by atoms with Crippen molar-refractivity contribution in [3.63, 3.8) is 0 Å². The SMILES string of the molecule is C#CC1CC(=O)N(c2c(F)cc(OC)cc2F)C1. The van der Waals surface area contributed by atoms with Gasteiger partial charge < -0.3 is 9.64 Å². The maximum Gasteiger partial charge on any atom is 0.228 e. The molecule has 0 saturated carbocycles. The molecule has 94 valence electrons. The minimum Gasteiger partial charge on any atom is -0.497 e. The van der Waals surface area contributed by atoms with Crippen LogP contribution in [0.15, 0.2) is 12.1 Å². The highest BCUT2D eigenvalue weighted by Crippen LogP contribution is 2.32. The van der Waals surface area contributed by atoms with Crippen LogP contribution in [0.4, 0.5) is 14.5 Å². The molecule has 0 bridgehead atoms. The number of hydrogen-bond donors (Lipinski definition) is 0. The Hall–Kier alpha value is -2.09. The van der Waals surface area contributed by atoms with Gasteiger partial charge in [0.15, 0.2) is 11.6 Å². The van der Waals surface area contributed by atoms with Gasteiger partial charge in [0.05, 0.1) is 7.11 Å². The fraction of sp³-hybridized carbons (Fsp3) is 0.308. The Morgan fingerprint density at radius 3 is 2.50 bits per heavy atom. The number of benzene rings is 1. The molecule has 0 aliphatic carbocycles. The number of carbonyl (C=O) groups excluding carboxylic acids is 1. The van der Waals surface area contributed by atoms with Crippen molar-refractivity contribution in [2.45, 2.75) is 6.42 Å². The number of carbonyl (C=O) groups is 1. The van der Waals surface area contributed by atoms with Crippen molar-refractivity contribution in [1.29, 1.82) is 0 Å². The molecule has 0 spiro atoms. The van der Waals surface area contributed by atoms with Crippen LogP contribution in [-0.4, -0.2) is 19.6 Å². The average Bonchev–Trinajstić information content (AvgIpc) is 2.70. The zero-order chi connectivity index (χ0) is 13.3. The summed E-state index contributed by atoms with van der Waals surface area (Å²) in [7, 11) is 1.31. The van der Waals surface area contributed by atoms with Crippen molar-refractivity contribution >= 4 is 11.6 Å². The molecule has 3 nitrogen and oxygen atoms in total. The van der Waals surface area contributed by atoms with Gasteiger partial charge >= 0.3 is 0 Å². The number of nitrogens with zero attached hydrogens (tertiary/aromatic N) is 1. The lowest BCUT2D eigenvalue weighted by molar-refractivity contribution is -0.117. The lowest BCUT2D eigenvalue weighted by atomic mass is 10.1. The van der Waals surface area contributed by atoms with Gasteiger partial charge in [-0.1, -0.05) is 0 Å². The predicted octanol–water partition coefficient (Wildman–Crippen LogP) is 1.96. The summed E-state index contributed by atoms with van der Waals surface area (Å²) in [5, 5.41) is 0. The topological polar surface area (TPSA) is 29.5 Å². The van der Waals surface area contributed by atoms with Gasteiger partial charge in [-0.3, -0.25) is 4.79 Å². The highest BCUT2D eigenvalue weighted by Gasteiger charge is 2.33. The second-order valence-electron chi connectivity index (χ2n) is 4.01. The van der Waals surface area contributed by atoms with Gasteiger partial charge in [-0.15, -0.1) is 12.3 Å². The Morgan fingerprint density at radius 2 is 2.06 bits per heavy atom. The van der Waals surface area contributed by atoms with Crippen LogP contribution in [0, 0.1) is 29.9 Å². The molecule has 1 aromatic rings. The molecular weight excluding hydrogens is 240 g/mol. The summed E-state index contributed by atoms with van der Waals surface area (Å²) < 4.78 is 32.3. The van der Waals surface area contributed by atoms with Gasteiger partial charge in [0.2, 0.25) is 5.91 Å². The van der Waals surface area contributed by atoms with E-state index >= 15 is 0 Å². The van der Waals surface area contributed by atoms with Gasteiger partial charge in [0, 0.05) is 31.0 Å². The lowest BCUT2D eigenvalue weighted by Gasteiger charge is -2.18. The molecule has 1 amide bonds. The normalized spacial score (nSPS) is 18.9. The van der Waals surface area contributed by atoms with Crippen LogP contribution in [-0.2, 0) is 4.79 Å². The molecule has 0 aromatic heterocycles. The molecule has 1 fully saturated rings. The van der Waals surface area contributed by atoms with Gasteiger partial charge in [0.25, 0.3) is 0 Å². The van der Waals surface area contributed by atoms with Crippen molar-refractivity contribution in [2.24, 2.45) is 5.92 Å². The Balaban J connectivity index is 2.41. The van der Waals surface area contributed by atoms with E-state index in [0.717, 1.165) is 17.0 Å². The quantitative estimate of drug-likeness (QED) is 0.752. The number of anilines is 1. The fourth-order valence-electron chi connectivity index (χ4n) is 1.95. The third-order valence-corrected chi connectivity index (χ3v) is 2.86. The summed E-state index contributed by atoms with van der Waals surface area (Å²) in [4.78, 5) is 12.7. The third kappa shape index (κ3) is 2.02. The first kappa shape index (κ1) is 12.4. The Morgan fingerprint density at radius 1 is 1.44 bits per heavy atom. The van der Waals surface area contributed by atoms with E-state index in [2.05, 4.69) is 5.92 Å². The number of rotatable bonds is 2. The van der Waals surface area contributed by atoms with Crippen LogP contribution in [0.3, 0.4) is 0 Å². The smallest absolute Gasteiger partial charge is 0.228 e. The highest BCUT2D eigenvalue weighted by molar-refractivity contribution is 5.96. The summed E-state index contributed by atoms with van der Waals surface area (Å²) in [5.41, 5.74) is -0.362. The predicted molar refractivity (Wildman–Crippen MR) is 62.2 cm³/mol. The van der Waals surface area contributed by atoms with Crippen LogP contribution < -0.4 is 9.64 Å². The van der Waals surface area contributed by atoms with Crippen molar-refractivity contribution < 1.29 is 18.3 Å². The number of hydrogen-bond acceptors (Lipinski definition) is 2. The first-order chi connectivity index (χ1) is 8.56. The van der Waals surface area contributed by atoms with Crippen molar-refractivity contribution in [3.05, 3.63) is 23.8 Å². The van der Waals surface area contributed by atoms with E-state index < -0.39 is 11.6 Å². The van der Waals surface area contributed by atoms with Gasteiger partial charge in [-0.25, -0.2) is 8.78 Å². The first-order valence-corrected chi connectivity index (χ1v) is 5.36. The average molecular weight is 251 g/mol. The molecule has 1 aliphatic rings. The van der Waals surface area contributed by atoms with Crippen LogP contribution >= 0.6 is 0 Å². The van der Waals surface area contributed by atoms with Gasteiger partial charge in [-0.05, 0) is 0 Å². The zero-order valence-electron chi connectivity index (χ0n) is 9.74. The molecule has 1 aromatic carbocycles. The van der Waals surface area contributed by atoms with E-state index in [1.807, 2.05) is 0 Å². The fourth-order valence-corrected chi connectivity index (χ4v) is 1.95. The summed E-state index contributed by atoms with van der Waals surface area (Å²) in [6.07, 6.45) is 5.33. The number of terminal acetylenes is 1. The monoisotopic (exact) mass is 251 g/mol. The molecule has 1 atom stereocenters. The molecule has 1 heterocycles. The van der Waals surface area contributed by atoms with E-state index in [1.54, 1.807) is 0 Å². The van der Waals surface area contributed by atoms with E-state index in [-0.39, 0.29) is 36.2 Å². The van der Waals surface area contributed by atoms with Crippen LogP contribution in [0.2, 0.25) is 0 Å². The maximum absolute atomic E-state index is 13.8.